The molecule has 2 rings (SSSR count). The average Bonchev–Trinajstić information content (AvgIpc) is 2.47. The fourth-order valence-electron chi connectivity index (χ4n) is 2.10. The summed E-state index contributed by atoms with van der Waals surface area (Å²) in [6.45, 7) is 2.02. The Balaban J connectivity index is 2.18. The van der Waals surface area contributed by atoms with E-state index in [9.17, 15) is 8.60 Å². The minimum Gasteiger partial charge on any atom is -0.312 e. The van der Waals surface area contributed by atoms with Crippen LogP contribution >= 0.6 is 11.6 Å². The summed E-state index contributed by atoms with van der Waals surface area (Å²) < 4.78 is 25.6. The minimum absolute atomic E-state index is 0.00240. The van der Waals surface area contributed by atoms with Gasteiger partial charge in [-0.15, -0.1) is 0 Å². The van der Waals surface area contributed by atoms with Crippen LogP contribution in [0.4, 0.5) is 4.39 Å². The molecule has 0 aliphatic heterocycles. The molecule has 21 heavy (non-hydrogen) atoms. The van der Waals surface area contributed by atoms with Gasteiger partial charge < -0.3 is 5.32 Å². The van der Waals surface area contributed by atoms with Gasteiger partial charge in [-0.2, -0.15) is 0 Å². The van der Waals surface area contributed by atoms with Gasteiger partial charge in [0, 0.05) is 16.7 Å². The molecule has 0 heterocycles. The van der Waals surface area contributed by atoms with Crippen LogP contribution in [0, 0.1) is 12.7 Å². The molecule has 2 atom stereocenters. The van der Waals surface area contributed by atoms with Gasteiger partial charge in [0.05, 0.1) is 15.8 Å². The van der Waals surface area contributed by atoms with E-state index < -0.39 is 16.6 Å². The van der Waals surface area contributed by atoms with Crippen molar-refractivity contribution in [2.75, 3.05) is 12.8 Å². The predicted molar refractivity (Wildman–Crippen MR) is 85.7 cm³/mol. The van der Waals surface area contributed by atoms with E-state index >= 15 is 0 Å². The van der Waals surface area contributed by atoms with Gasteiger partial charge in [-0.3, -0.25) is 4.21 Å². The molecule has 2 aromatic carbocycles. The third-order valence-corrected chi connectivity index (χ3v) is 4.97. The first kappa shape index (κ1) is 16.1. The number of hydrogen-bond donors (Lipinski definition) is 1. The third kappa shape index (κ3) is 4.13. The van der Waals surface area contributed by atoms with Crippen molar-refractivity contribution in [1.82, 2.24) is 5.32 Å². The van der Waals surface area contributed by atoms with Crippen LogP contribution in [0.1, 0.15) is 17.2 Å². The lowest BCUT2D eigenvalue weighted by molar-refractivity contribution is 0.625. The molecule has 0 amide bonds. The molecule has 112 valence electrons. The highest BCUT2D eigenvalue weighted by molar-refractivity contribution is 7.85. The topological polar surface area (TPSA) is 29.1 Å². The number of aryl methyl sites for hydroxylation is 1. The maximum absolute atomic E-state index is 13.2. The van der Waals surface area contributed by atoms with Crippen LogP contribution in [-0.2, 0) is 10.8 Å². The molecular formula is C16H17ClFNOS. The van der Waals surface area contributed by atoms with E-state index in [0.717, 1.165) is 11.1 Å². The van der Waals surface area contributed by atoms with E-state index in [4.69, 9.17) is 11.6 Å². The molecule has 0 spiro atoms. The zero-order valence-corrected chi connectivity index (χ0v) is 13.5. The Bertz CT molecular complexity index is 662. The molecule has 0 fully saturated rings. The summed E-state index contributed by atoms with van der Waals surface area (Å²) in [4.78, 5) is 0.536. The van der Waals surface area contributed by atoms with Crippen LogP contribution in [0.2, 0.25) is 5.02 Å². The SMILES string of the molecule is CNC(CS(=O)c1ccc(F)c(Cl)c1)c1cccc(C)c1. The van der Waals surface area contributed by atoms with Crippen molar-refractivity contribution in [3.63, 3.8) is 0 Å². The van der Waals surface area contributed by atoms with Gasteiger partial charge >= 0.3 is 0 Å². The molecule has 0 bridgehead atoms. The van der Waals surface area contributed by atoms with Gasteiger partial charge in [-0.05, 0) is 37.7 Å². The molecule has 2 aromatic rings. The summed E-state index contributed by atoms with van der Waals surface area (Å²) in [5.41, 5.74) is 2.24. The second-order valence-electron chi connectivity index (χ2n) is 4.84. The molecule has 0 saturated heterocycles. The molecule has 1 N–H and O–H groups in total. The van der Waals surface area contributed by atoms with Gasteiger partial charge in [0.15, 0.2) is 0 Å². The highest BCUT2D eigenvalue weighted by Crippen LogP contribution is 2.22. The molecule has 0 aliphatic rings. The van der Waals surface area contributed by atoms with Gasteiger partial charge in [0.2, 0.25) is 0 Å². The van der Waals surface area contributed by atoms with Crippen molar-refractivity contribution < 1.29 is 8.60 Å². The largest absolute Gasteiger partial charge is 0.312 e. The summed E-state index contributed by atoms with van der Waals surface area (Å²) in [6, 6.07) is 12.2. The lowest BCUT2D eigenvalue weighted by atomic mass is 10.1. The van der Waals surface area contributed by atoms with E-state index in [1.165, 1.54) is 18.2 Å². The summed E-state index contributed by atoms with van der Waals surface area (Å²) in [5.74, 6) is -0.0941. The maximum Gasteiger partial charge on any atom is 0.141 e. The first-order valence-electron chi connectivity index (χ1n) is 6.58. The van der Waals surface area contributed by atoms with Gasteiger partial charge in [0.1, 0.15) is 5.82 Å². The molecule has 0 radical (unpaired) electrons. The molecule has 0 saturated carbocycles. The van der Waals surface area contributed by atoms with E-state index in [2.05, 4.69) is 11.4 Å². The van der Waals surface area contributed by atoms with Crippen molar-refractivity contribution >= 4 is 22.4 Å². The van der Waals surface area contributed by atoms with Gasteiger partial charge in [0.25, 0.3) is 0 Å². The Hall–Kier alpha value is -1.23. The van der Waals surface area contributed by atoms with E-state index in [1.54, 1.807) is 0 Å². The molecule has 2 nitrogen and oxygen atoms in total. The van der Waals surface area contributed by atoms with Crippen molar-refractivity contribution in [2.24, 2.45) is 0 Å². The fraction of sp³-hybridized carbons (Fsp3) is 0.250. The zero-order valence-electron chi connectivity index (χ0n) is 11.9. The Morgan fingerprint density at radius 3 is 2.67 bits per heavy atom. The smallest absolute Gasteiger partial charge is 0.141 e. The minimum atomic E-state index is -1.25. The van der Waals surface area contributed by atoms with Crippen LogP contribution in [-0.4, -0.2) is 17.0 Å². The molecule has 2 unspecified atom stereocenters. The van der Waals surface area contributed by atoms with Crippen LogP contribution in [0.15, 0.2) is 47.4 Å². The lowest BCUT2D eigenvalue weighted by Gasteiger charge is -2.17. The second kappa shape index (κ2) is 7.16. The van der Waals surface area contributed by atoms with Crippen molar-refractivity contribution in [3.05, 3.63) is 64.4 Å². The standard InChI is InChI=1S/C16H17ClFNOS/c1-11-4-3-5-12(8-11)16(19-2)10-21(20)13-6-7-15(18)14(17)9-13/h3-9,16,19H,10H2,1-2H3. The molecular weight excluding hydrogens is 309 g/mol. The number of nitrogens with one attached hydrogen (secondary N) is 1. The van der Waals surface area contributed by atoms with E-state index in [0.29, 0.717) is 10.6 Å². The van der Waals surface area contributed by atoms with E-state index in [1.807, 2.05) is 32.2 Å². The van der Waals surface area contributed by atoms with Crippen molar-refractivity contribution in [2.45, 2.75) is 17.9 Å². The van der Waals surface area contributed by atoms with Crippen LogP contribution in [0.5, 0.6) is 0 Å². The first-order chi connectivity index (χ1) is 10.0. The Morgan fingerprint density at radius 1 is 1.29 bits per heavy atom. The van der Waals surface area contributed by atoms with Gasteiger partial charge in [-0.25, -0.2) is 4.39 Å². The van der Waals surface area contributed by atoms with Crippen molar-refractivity contribution in [1.29, 1.82) is 0 Å². The normalized spacial score (nSPS) is 13.9. The summed E-state index contributed by atoms with van der Waals surface area (Å²) in [5, 5.41) is 3.17. The summed E-state index contributed by atoms with van der Waals surface area (Å²) >= 11 is 5.74. The number of benzene rings is 2. The Morgan fingerprint density at radius 2 is 2.05 bits per heavy atom. The van der Waals surface area contributed by atoms with Gasteiger partial charge in [-0.1, -0.05) is 41.4 Å². The lowest BCUT2D eigenvalue weighted by Crippen LogP contribution is -2.22. The predicted octanol–water partition coefficient (Wildman–Crippen LogP) is 3.86. The molecule has 5 heteroatoms. The monoisotopic (exact) mass is 325 g/mol. The number of rotatable bonds is 5. The molecule has 0 aliphatic carbocycles. The third-order valence-electron chi connectivity index (χ3n) is 3.26. The Kier molecular flexibility index (Phi) is 5.51. The van der Waals surface area contributed by atoms with Crippen LogP contribution in [0.3, 0.4) is 0 Å². The average molecular weight is 326 g/mol. The number of halogens is 2. The van der Waals surface area contributed by atoms with Crippen LogP contribution in [0.25, 0.3) is 0 Å². The highest BCUT2D eigenvalue weighted by atomic mass is 35.5. The molecule has 0 aromatic heterocycles. The number of hydrogen-bond acceptors (Lipinski definition) is 2. The Labute approximate surface area is 131 Å². The summed E-state index contributed by atoms with van der Waals surface area (Å²) in [6.07, 6.45) is 0. The first-order valence-corrected chi connectivity index (χ1v) is 8.28. The van der Waals surface area contributed by atoms with E-state index in [-0.39, 0.29) is 11.1 Å². The quantitative estimate of drug-likeness (QED) is 0.904. The summed E-state index contributed by atoms with van der Waals surface area (Å²) in [7, 11) is 0.583. The second-order valence-corrected chi connectivity index (χ2v) is 6.75. The fourth-order valence-corrected chi connectivity index (χ4v) is 3.67. The van der Waals surface area contributed by atoms with Crippen molar-refractivity contribution in [3.8, 4) is 0 Å². The maximum atomic E-state index is 13.2. The zero-order chi connectivity index (χ0) is 15.4. The highest BCUT2D eigenvalue weighted by Gasteiger charge is 2.15. The van der Waals surface area contributed by atoms with Crippen LogP contribution < -0.4 is 5.32 Å².